The van der Waals surface area contributed by atoms with Gasteiger partial charge in [0.15, 0.2) is 0 Å². The average Bonchev–Trinajstić information content (AvgIpc) is 2.24. The quantitative estimate of drug-likeness (QED) is 0.621. The van der Waals surface area contributed by atoms with Gasteiger partial charge in [-0.2, -0.15) is 0 Å². The molecule has 5 nitrogen and oxygen atoms in total. The van der Waals surface area contributed by atoms with Gasteiger partial charge in [0.2, 0.25) is 5.91 Å². The van der Waals surface area contributed by atoms with Crippen molar-refractivity contribution in [3.05, 3.63) is 0 Å². The molecule has 0 aliphatic carbocycles. The molecule has 17 heavy (non-hydrogen) atoms. The largest absolute Gasteiger partial charge is 0.388 e. The minimum atomic E-state index is -0.772. The summed E-state index contributed by atoms with van der Waals surface area (Å²) >= 11 is 0. The number of amides is 1. The van der Waals surface area contributed by atoms with Gasteiger partial charge in [-0.3, -0.25) is 4.79 Å². The third-order valence-electron chi connectivity index (χ3n) is 3.95. The molecule has 0 bridgehead atoms. The van der Waals surface area contributed by atoms with E-state index in [9.17, 15) is 9.90 Å². The Morgan fingerprint density at radius 1 is 1.53 bits per heavy atom. The Morgan fingerprint density at radius 3 is 2.71 bits per heavy atom. The maximum absolute atomic E-state index is 11.9. The Balaban J connectivity index is 1.74. The highest BCUT2D eigenvalue weighted by Crippen LogP contribution is 2.20. The van der Waals surface area contributed by atoms with Gasteiger partial charge in [-0.25, -0.2) is 0 Å². The second kappa shape index (κ2) is 5.33. The SMILES string of the molecule is CC(C(=O)NCC1(O)CCOCC1)C1CNC1. The van der Waals surface area contributed by atoms with Gasteiger partial charge in [-0.05, 0) is 19.0 Å². The van der Waals surface area contributed by atoms with Gasteiger partial charge in [-0.15, -0.1) is 0 Å². The second-order valence-corrected chi connectivity index (χ2v) is 5.26. The Hall–Kier alpha value is -0.650. The molecular weight excluding hydrogens is 220 g/mol. The Kier molecular flexibility index (Phi) is 4.01. The summed E-state index contributed by atoms with van der Waals surface area (Å²) in [4.78, 5) is 11.9. The van der Waals surface area contributed by atoms with Crippen molar-refractivity contribution in [1.29, 1.82) is 0 Å². The second-order valence-electron chi connectivity index (χ2n) is 5.26. The van der Waals surface area contributed by atoms with Crippen molar-refractivity contribution in [3.63, 3.8) is 0 Å². The average molecular weight is 242 g/mol. The molecule has 1 amide bonds. The molecule has 0 radical (unpaired) electrons. The first kappa shape index (κ1) is 12.8. The molecule has 0 saturated carbocycles. The van der Waals surface area contributed by atoms with E-state index in [4.69, 9.17) is 4.74 Å². The van der Waals surface area contributed by atoms with Gasteiger partial charge in [-0.1, -0.05) is 6.92 Å². The number of hydrogen-bond donors (Lipinski definition) is 3. The van der Waals surface area contributed by atoms with Crippen molar-refractivity contribution in [1.82, 2.24) is 10.6 Å². The lowest BCUT2D eigenvalue weighted by Gasteiger charge is -2.34. The first-order valence-corrected chi connectivity index (χ1v) is 6.39. The van der Waals surface area contributed by atoms with Crippen LogP contribution in [0.2, 0.25) is 0 Å². The molecule has 2 saturated heterocycles. The van der Waals surface area contributed by atoms with E-state index in [1.165, 1.54) is 0 Å². The van der Waals surface area contributed by atoms with Crippen LogP contribution in [0.4, 0.5) is 0 Å². The summed E-state index contributed by atoms with van der Waals surface area (Å²) in [6, 6.07) is 0. The molecule has 1 unspecified atom stereocenters. The predicted molar refractivity (Wildman–Crippen MR) is 63.5 cm³/mol. The molecule has 2 aliphatic rings. The summed E-state index contributed by atoms with van der Waals surface area (Å²) in [6.45, 7) is 5.30. The third kappa shape index (κ3) is 3.18. The normalized spacial score (nSPS) is 26.0. The smallest absolute Gasteiger partial charge is 0.223 e. The van der Waals surface area contributed by atoms with E-state index in [1.54, 1.807) is 0 Å². The molecular formula is C12H22N2O3. The summed E-state index contributed by atoms with van der Waals surface area (Å²) in [6.07, 6.45) is 1.21. The molecule has 2 rings (SSSR count). The summed E-state index contributed by atoms with van der Waals surface area (Å²) < 4.78 is 5.20. The van der Waals surface area contributed by atoms with Crippen LogP contribution in [0.3, 0.4) is 0 Å². The fraction of sp³-hybridized carbons (Fsp3) is 0.917. The number of ether oxygens (including phenoxy) is 1. The van der Waals surface area contributed by atoms with E-state index < -0.39 is 5.60 Å². The standard InChI is InChI=1S/C12H22N2O3/c1-9(10-6-13-7-10)11(15)14-8-12(16)2-4-17-5-3-12/h9-10,13,16H,2-8H2,1H3,(H,14,15). The number of hydrogen-bond acceptors (Lipinski definition) is 4. The highest BCUT2D eigenvalue weighted by atomic mass is 16.5. The van der Waals surface area contributed by atoms with Crippen molar-refractivity contribution >= 4 is 5.91 Å². The maximum Gasteiger partial charge on any atom is 0.223 e. The van der Waals surface area contributed by atoms with Crippen molar-refractivity contribution in [2.45, 2.75) is 25.4 Å². The van der Waals surface area contributed by atoms with Crippen LogP contribution in [0.1, 0.15) is 19.8 Å². The molecule has 0 aromatic rings. The van der Waals surface area contributed by atoms with E-state index >= 15 is 0 Å². The molecule has 0 aromatic heterocycles. The monoisotopic (exact) mass is 242 g/mol. The van der Waals surface area contributed by atoms with Crippen molar-refractivity contribution < 1.29 is 14.6 Å². The van der Waals surface area contributed by atoms with E-state index in [1.807, 2.05) is 6.92 Å². The van der Waals surface area contributed by atoms with Gasteiger partial charge < -0.3 is 20.5 Å². The maximum atomic E-state index is 11.9. The third-order valence-corrected chi connectivity index (χ3v) is 3.95. The zero-order valence-corrected chi connectivity index (χ0v) is 10.4. The Labute approximate surface area is 102 Å². The lowest BCUT2D eigenvalue weighted by Crippen LogP contribution is -2.52. The number of nitrogens with one attached hydrogen (secondary N) is 2. The molecule has 2 heterocycles. The first-order valence-electron chi connectivity index (χ1n) is 6.39. The van der Waals surface area contributed by atoms with Crippen LogP contribution in [-0.2, 0) is 9.53 Å². The molecule has 98 valence electrons. The minimum Gasteiger partial charge on any atom is -0.388 e. The van der Waals surface area contributed by atoms with Crippen molar-refractivity contribution in [2.75, 3.05) is 32.8 Å². The Bertz CT molecular complexity index is 273. The lowest BCUT2D eigenvalue weighted by atomic mass is 9.88. The van der Waals surface area contributed by atoms with Gasteiger partial charge >= 0.3 is 0 Å². The van der Waals surface area contributed by atoms with Gasteiger partial charge in [0, 0.05) is 38.5 Å². The zero-order chi connectivity index (χ0) is 12.3. The van der Waals surface area contributed by atoms with Crippen LogP contribution in [-0.4, -0.2) is 49.5 Å². The summed E-state index contributed by atoms with van der Waals surface area (Å²) in [5.74, 6) is 0.524. The number of carbonyl (C=O) groups excluding carboxylic acids is 1. The summed E-state index contributed by atoms with van der Waals surface area (Å²) in [7, 11) is 0. The van der Waals surface area contributed by atoms with Crippen LogP contribution < -0.4 is 10.6 Å². The fourth-order valence-corrected chi connectivity index (χ4v) is 2.22. The van der Waals surface area contributed by atoms with Crippen LogP contribution in [0.5, 0.6) is 0 Å². The van der Waals surface area contributed by atoms with Crippen molar-refractivity contribution in [3.8, 4) is 0 Å². The first-order chi connectivity index (χ1) is 8.11. The van der Waals surface area contributed by atoms with Crippen molar-refractivity contribution in [2.24, 2.45) is 11.8 Å². The van der Waals surface area contributed by atoms with Gasteiger partial charge in [0.05, 0.1) is 5.60 Å². The number of aliphatic hydroxyl groups is 1. The highest BCUT2D eigenvalue weighted by molar-refractivity contribution is 5.78. The molecule has 1 atom stereocenters. The van der Waals surface area contributed by atoms with Gasteiger partial charge in [0.25, 0.3) is 0 Å². The van der Waals surface area contributed by atoms with E-state index in [0.29, 0.717) is 38.5 Å². The van der Waals surface area contributed by atoms with Gasteiger partial charge in [0.1, 0.15) is 0 Å². The molecule has 0 spiro atoms. The number of carbonyl (C=O) groups is 1. The van der Waals surface area contributed by atoms with Crippen LogP contribution in [0, 0.1) is 11.8 Å². The zero-order valence-electron chi connectivity index (χ0n) is 10.4. The minimum absolute atomic E-state index is 0.0275. The van der Waals surface area contributed by atoms with Crippen LogP contribution >= 0.6 is 0 Å². The van der Waals surface area contributed by atoms with E-state index in [0.717, 1.165) is 13.1 Å². The highest BCUT2D eigenvalue weighted by Gasteiger charge is 2.33. The van der Waals surface area contributed by atoms with Crippen LogP contribution in [0.15, 0.2) is 0 Å². The van der Waals surface area contributed by atoms with E-state index in [-0.39, 0.29) is 11.8 Å². The molecule has 2 aliphatic heterocycles. The Morgan fingerprint density at radius 2 is 2.18 bits per heavy atom. The van der Waals surface area contributed by atoms with Crippen LogP contribution in [0.25, 0.3) is 0 Å². The predicted octanol–water partition coefficient (Wildman–Crippen LogP) is -0.500. The number of rotatable bonds is 4. The fourth-order valence-electron chi connectivity index (χ4n) is 2.22. The topological polar surface area (TPSA) is 70.6 Å². The molecule has 5 heteroatoms. The van der Waals surface area contributed by atoms with E-state index in [2.05, 4.69) is 10.6 Å². The summed E-state index contributed by atoms with van der Waals surface area (Å²) in [5, 5.41) is 16.2. The molecule has 2 fully saturated rings. The summed E-state index contributed by atoms with van der Waals surface area (Å²) in [5.41, 5.74) is -0.772. The molecule has 3 N–H and O–H groups in total. The molecule has 0 aromatic carbocycles. The lowest BCUT2D eigenvalue weighted by molar-refractivity contribution is -0.129.